The number of sulfone groups is 1. The van der Waals surface area contributed by atoms with Gasteiger partial charge < -0.3 is 26.2 Å². The van der Waals surface area contributed by atoms with Gasteiger partial charge in [0.25, 0.3) is 5.91 Å². The highest BCUT2D eigenvalue weighted by molar-refractivity contribution is 7.91. The number of ketones is 1. The van der Waals surface area contributed by atoms with Gasteiger partial charge in [0.2, 0.25) is 17.6 Å². The van der Waals surface area contributed by atoms with Crippen LogP contribution >= 0.6 is 0 Å². The van der Waals surface area contributed by atoms with Crippen molar-refractivity contribution < 1.29 is 32.4 Å². The van der Waals surface area contributed by atoms with Gasteiger partial charge in [0.05, 0.1) is 23.1 Å². The van der Waals surface area contributed by atoms with Crippen molar-refractivity contribution in [2.24, 2.45) is 28.6 Å². The van der Waals surface area contributed by atoms with E-state index in [4.69, 9.17) is 6.42 Å². The molecule has 2 saturated carbocycles. The number of nitrogens with zero attached hydrogens (tertiary/aromatic N) is 1. The summed E-state index contributed by atoms with van der Waals surface area (Å²) in [7, 11) is -3.45. The van der Waals surface area contributed by atoms with Gasteiger partial charge in [0, 0.05) is 19.5 Å². The monoisotopic (exact) mass is 717 g/mol. The van der Waals surface area contributed by atoms with Crippen LogP contribution in [0.4, 0.5) is 4.79 Å². The van der Waals surface area contributed by atoms with Gasteiger partial charge in [0.15, 0.2) is 9.84 Å². The Morgan fingerprint density at radius 3 is 2.24 bits per heavy atom. The average molecular weight is 718 g/mol. The minimum absolute atomic E-state index is 0.0222. The van der Waals surface area contributed by atoms with E-state index in [2.05, 4.69) is 33.8 Å². The van der Waals surface area contributed by atoms with Crippen LogP contribution in [0.3, 0.4) is 0 Å². The van der Waals surface area contributed by atoms with Gasteiger partial charge in [-0.25, -0.2) is 13.2 Å². The maximum absolute atomic E-state index is 14.4. The van der Waals surface area contributed by atoms with Crippen molar-refractivity contribution in [1.29, 1.82) is 0 Å². The van der Waals surface area contributed by atoms with E-state index in [0.29, 0.717) is 19.3 Å². The molecule has 1 aliphatic heterocycles. The molecule has 13 heteroatoms. The molecule has 2 aliphatic carbocycles. The predicted molar refractivity (Wildman–Crippen MR) is 193 cm³/mol. The number of fused-ring (bicyclic) bond motifs is 1. The van der Waals surface area contributed by atoms with Gasteiger partial charge in [-0.2, -0.15) is 0 Å². The standard InChI is InChI=1S/C37H59N5O7S/c1-10-12-16-26(29(43)32(45)38-20-11-2)39-31(44)28-27-25(36(27,8)9)22-42(28)33(46)30(35(5,6)7)40-34(47)41-37(18-14-13-15-19-37)23-50(48,49)21-17-24(3)4/h1,11,24-28,30H,2,12-23H2,3-9H3,(H,38,45)(H,39,44)(H2,40,41,47)/t25?,26?,27?,28-,30+/m0/s1. The molecule has 3 fully saturated rings. The fourth-order valence-corrected chi connectivity index (χ4v) is 9.82. The van der Waals surface area contributed by atoms with Gasteiger partial charge in [-0.1, -0.05) is 73.8 Å². The molecular formula is C37H59N5O7S. The smallest absolute Gasteiger partial charge is 0.315 e. The highest BCUT2D eigenvalue weighted by Crippen LogP contribution is 2.65. The molecule has 0 aromatic heterocycles. The Bertz CT molecular complexity index is 1450. The first-order valence-electron chi connectivity index (χ1n) is 18.0. The van der Waals surface area contributed by atoms with Crippen LogP contribution in [0.2, 0.25) is 0 Å². The Labute approximate surface area is 299 Å². The maximum atomic E-state index is 14.4. The molecule has 0 aromatic rings. The lowest BCUT2D eigenvalue weighted by Crippen LogP contribution is -2.64. The van der Waals surface area contributed by atoms with Crippen molar-refractivity contribution in [3.8, 4) is 12.3 Å². The van der Waals surface area contributed by atoms with Crippen LogP contribution in [0, 0.1) is 40.9 Å². The molecule has 280 valence electrons. The number of hydrogen-bond donors (Lipinski definition) is 4. The zero-order chi connectivity index (χ0) is 37.7. The molecule has 0 spiro atoms. The normalized spacial score (nSPS) is 23.4. The first-order valence-corrected chi connectivity index (χ1v) is 19.8. The van der Waals surface area contributed by atoms with Crippen molar-refractivity contribution in [2.45, 2.75) is 123 Å². The molecule has 3 unspecified atom stereocenters. The van der Waals surface area contributed by atoms with Crippen LogP contribution < -0.4 is 21.3 Å². The summed E-state index contributed by atoms with van der Waals surface area (Å²) in [5.74, 6) is -0.340. The summed E-state index contributed by atoms with van der Waals surface area (Å²) in [6, 6.07) is -3.81. The van der Waals surface area contributed by atoms with Gasteiger partial charge >= 0.3 is 6.03 Å². The van der Waals surface area contributed by atoms with Crippen molar-refractivity contribution >= 4 is 39.4 Å². The number of nitrogens with one attached hydrogen (secondary N) is 4. The van der Waals surface area contributed by atoms with E-state index in [1.807, 2.05) is 48.5 Å². The summed E-state index contributed by atoms with van der Waals surface area (Å²) in [6.07, 6.45) is 11.2. The van der Waals surface area contributed by atoms with Crippen LogP contribution in [0.5, 0.6) is 0 Å². The van der Waals surface area contributed by atoms with Crippen molar-refractivity contribution in [1.82, 2.24) is 26.2 Å². The zero-order valence-corrected chi connectivity index (χ0v) is 31.8. The molecule has 0 bridgehead atoms. The quantitative estimate of drug-likeness (QED) is 0.108. The Hall–Kier alpha value is -3.40. The number of urea groups is 1. The number of rotatable bonds is 16. The van der Waals surface area contributed by atoms with Gasteiger partial charge in [-0.15, -0.1) is 18.9 Å². The van der Waals surface area contributed by atoms with E-state index in [1.54, 1.807) is 0 Å². The lowest BCUT2D eigenvalue weighted by atomic mass is 9.83. The number of likely N-dealkylation sites (tertiary alicyclic amines) is 1. The highest BCUT2D eigenvalue weighted by Gasteiger charge is 2.70. The Morgan fingerprint density at radius 2 is 1.68 bits per heavy atom. The van der Waals surface area contributed by atoms with Crippen LogP contribution in [0.25, 0.3) is 0 Å². The summed E-state index contributed by atoms with van der Waals surface area (Å²) < 4.78 is 26.3. The number of piperidine rings is 1. The fraction of sp³-hybridized carbons (Fsp3) is 0.757. The van der Waals surface area contributed by atoms with E-state index in [1.165, 1.54) is 11.0 Å². The highest BCUT2D eigenvalue weighted by atomic mass is 32.2. The Kier molecular flexibility index (Phi) is 13.4. The zero-order valence-electron chi connectivity index (χ0n) is 31.0. The molecule has 1 heterocycles. The van der Waals surface area contributed by atoms with E-state index in [-0.39, 0.29) is 60.6 Å². The van der Waals surface area contributed by atoms with E-state index >= 15 is 0 Å². The Morgan fingerprint density at radius 1 is 1.04 bits per heavy atom. The second-order valence-electron chi connectivity index (χ2n) is 16.6. The Balaban J connectivity index is 1.84. The summed E-state index contributed by atoms with van der Waals surface area (Å²) in [5, 5.41) is 11.0. The number of carbonyl (C=O) groups excluding carboxylic acids is 5. The van der Waals surface area contributed by atoms with E-state index < -0.39 is 68.5 Å². The molecule has 1 saturated heterocycles. The maximum Gasteiger partial charge on any atom is 0.315 e. The van der Waals surface area contributed by atoms with Gasteiger partial charge in [0.1, 0.15) is 12.1 Å². The van der Waals surface area contributed by atoms with Crippen LogP contribution in [-0.4, -0.2) is 91.1 Å². The molecule has 0 radical (unpaired) electrons. The van der Waals surface area contributed by atoms with E-state index in [9.17, 15) is 32.4 Å². The molecule has 50 heavy (non-hydrogen) atoms. The minimum Gasteiger partial charge on any atom is -0.346 e. The first-order chi connectivity index (χ1) is 23.2. The fourth-order valence-electron chi connectivity index (χ4n) is 7.64. The summed E-state index contributed by atoms with van der Waals surface area (Å²) >= 11 is 0. The molecule has 3 aliphatic rings. The van der Waals surface area contributed by atoms with Crippen LogP contribution in [-0.2, 0) is 29.0 Å². The van der Waals surface area contributed by atoms with Crippen LogP contribution in [0.1, 0.15) is 99.8 Å². The number of amides is 5. The molecule has 3 rings (SSSR count). The third-order valence-corrected chi connectivity index (χ3v) is 12.5. The van der Waals surface area contributed by atoms with Gasteiger partial charge in [-0.3, -0.25) is 19.2 Å². The molecule has 0 aromatic carbocycles. The average Bonchev–Trinajstić information content (AvgIpc) is 3.33. The molecule has 5 amide bonds. The van der Waals surface area contributed by atoms with E-state index in [0.717, 1.165) is 19.3 Å². The van der Waals surface area contributed by atoms with Gasteiger partial charge in [-0.05, 0) is 54.3 Å². The van der Waals surface area contributed by atoms with Crippen LogP contribution in [0.15, 0.2) is 12.7 Å². The second-order valence-corrected chi connectivity index (χ2v) is 18.8. The first kappa shape index (κ1) is 41.0. The summed E-state index contributed by atoms with van der Waals surface area (Å²) in [6.45, 7) is 17.3. The minimum atomic E-state index is -3.45. The molecule has 5 atom stereocenters. The number of hydrogen-bond acceptors (Lipinski definition) is 7. The number of carbonyl (C=O) groups is 5. The van der Waals surface area contributed by atoms with Crippen molar-refractivity contribution in [3.63, 3.8) is 0 Å². The molecule has 12 nitrogen and oxygen atoms in total. The molecule has 4 N–H and O–H groups in total. The SMILES string of the molecule is C#CCCC(NC(=O)[C@@H]1C2C(CN1C(=O)[C@@H](NC(=O)NC1(CS(=O)(=O)CCC(C)C)CCCCC1)C(C)(C)C)C2(C)C)C(=O)C(=O)NCC=C. The third kappa shape index (κ3) is 10.1. The lowest BCUT2D eigenvalue weighted by molar-refractivity contribution is -0.145. The number of terminal acetylenes is 1. The third-order valence-electron chi connectivity index (χ3n) is 10.7. The summed E-state index contributed by atoms with van der Waals surface area (Å²) in [4.78, 5) is 69.2. The summed E-state index contributed by atoms with van der Waals surface area (Å²) in [5.41, 5.74) is -1.96. The number of Topliss-reactive ketones (excluding diaryl/α,β-unsaturated/α-hetero) is 1. The second kappa shape index (κ2) is 16.3. The molecular weight excluding hydrogens is 659 g/mol. The lowest BCUT2D eigenvalue weighted by Gasteiger charge is -2.40. The van der Waals surface area contributed by atoms with Crippen molar-refractivity contribution in [3.05, 3.63) is 12.7 Å². The topological polar surface area (TPSA) is 171 Å². The largest absolute Gasteiger partial charge is 0.346 e. The van der Waals surface area contributed by atoms with Crippen molar-refractivity contribution in [2.75, 3.05) is 24.6 Å². The predicted octanol–water partition coefficient (Wildman–Crippen LogP) is 3.12.